The highest BCUT2D eigenvalue weighted by Gasteiger charge is 2.37. The van der Waals surface area contributed by atoms with Gasteiger partial charge in [0.15, 0.2) is 0 Å². The van der Waals surface area contributed by atoms with Crippen molar-refractivity contribution in [2.45, 2.75) is 18.6 Å². The van der Waals surface area contributed by atoms with E-state index < -0.39 is 0 Å². The van der Waals surface area contributed by atoms with E-state index in [0.29, 0.717) is 12.2 Å². The van der Waals surface area contributed by atoms with Crippen molar-refractivity contribution in [3.05, 3.63) is 7.05 Å². The first-order chi connectivity index (χ1) is 3.84. The minimum Gasteiger partial charge on any atom is -0.464 e. The van der Waals surface area contributed by atoms with E-state index in [4.69, 9.17) is 4.74 Å². The van der Waals surface area contributed by atoms with Crippen LogP contribution in [0.3, 0.4) is 0 Å². The number of piperidine rings is 1. The molecule has 3 rings (SSSR count). The fourth-order valence-electron chi connectivity index (χ4n) is 1.54. The zero-order valence-electron chi connectivity index (χ0n) is 4.89. The van der Waals surface area contributed by atoms with Gasteiger partial charge in [-0.1, -0.05) is 0 Å². The van der Waals surface area contributed by atoms with Crippen molar-refractivity contribution in [3.63, 3.8) is 0 Å². The van der Waals surface area contributed by atoms with Gasteiger partial charge in [0.2, 0.25) is 0 Å². The predicted octanol–water partition coefficient (Wildman–Crippen LogP) is -1.17. The Bertz CT molecular complexity index is 88.7. The van der Waals surface area contributed by atoms with Gasteiger partial charge in [-0.3, -0.25) is 0 Å². The molecular formula is C6H11NO. The Balaban J connectivity index is 1.97. The second kappa shape index (κ2) is 1.45. The predicted molar refractivity (Wildman–Crippen MR) is 29.3 cm³/mol. The molecule has 3 aliphatic rings. The molecule has 46 valence electrons. The molecule has 8 heavy (non-hydrogen) atoms. The molecular weight excluding hydrogens is 102 g/mol. The number of hydrogen-bond acceptors (Lipinski definition) is 1. The quantitative estimate of drug-likeness (QED) is 0.391. The van der Waals surface area contributed by atoms with Crippen LogP contribution in [-0.2, 0) is 4.74 Å². The van der Waals surface area contributed by atoms with E-state index in [2.05, 4.69) is 7.05 Å². The number of quaternary nitrogens is 1. The lowest BCUT2D eigenvalue weighted by atomic mass is 10.00. The Morgan fingerprint density at radius 2 is 1.88 bits per heavy atom. The lowest BCUT2D eigenvalue weighted by Crippen LogP contribution is -3.12. The van der Waals surface area contributed by atoms with Crippen molar-refractivity contribution >= 4 is 0 Å². The van der Waals surface area contributed by atoms with Crippen LogP contribution in [0.25, 0.3) is 0 Å². The zero-order chi connectivity index (χ0) is 5.56. The van der Waals surface area contributed by atoms with E-state index in [1.54, 1.807) is 0 Å². The topological polar surface area (TPSA) is 13.7 Å². The summed E-state index contributed by atoms with van der Waals surface area (Å²) in [5.74, 6) is 0. The summed E-state index contributed by atoms with van der Waals surface area (Å²) in [5, 5.41) is 0. The summed E-state index contributed by atoms with van der Waals surface area (Å²) in [6.07, 6.45) is 2.40. The summed E-state index contributed by atoms with van der Waals surface area (Å²) < 4.78 is 5.38. The molecule has 2 unspecified atom stereocenters. The van der Waals surface area contributed by atoms with Gasteiger partial charge in [-0.2, -0.15) is 7.05 Å². The van der Waals surface area contributed by atoms with Crippen LogP contribution >= 0.6 is 0 Å². The first-order valence-electron chi connectivity index (χ1n) is 3.17. The Morgan fingerprint density at radius 3 is 2.12 bits per heavy atom. The van der Waals surface area contributed by atoms with Crippen molar-refractivity contribution in [2.75, 3.05) is 13.1 Å². The molecule has 2 nitrogen and oxygen atoms in total. The summed E-state index contributed by atoms with van der Waals surface area (Å²) in [4.78, 5) is 1.39. The molecule has 1 N–H and O–H groups in total. The van der Waals surface area contributed by atoms with Gasteiger partial charge in [-0.05, 0) is 0 Å². The summed E-state index contributed by atoms with van der Waals surface area (Å²) >= 11 is 0. The molecule has 0 amide bonds. The highest BCUT2D eigenvalue weighted by Crippen LogP contribution is 2.20. The Labute approximate surface area is 49.4 Å². The molecule has 0 radical (unpaired) electrons. The molecule has 0 aromatic carbocycles. The van der Waals surface area contributed by atoms with Gasteiger partial charge < -0.3 is 9.64 Å². The molecule has 3 saturated heterocycles. The Morgan fingerprint density at radius 1 is 1.38 bits per heavy atom. The first-order valence-corrected chi connectivity index (χ1v) is 3.17. The lowest BCUT2D eigenvalue weighted by molar-refractivity contribution is -0.880. The first kappa shape index (κ1) is 4.77. The maximum atomic E-state index is 5.38. The lowest BCUT2D eigenvalue weighted by Gasteiger charge is -2.45. The number of hydrogen-bond donors (Lipinski definition) is 1. The summed E-state index contributed by atoms with van der Waals surface area (Å²) in [7, 11) is 3.92. The van der Waals surface area contributed by atoms with Crippen LogP contribution in [-0.4, -0.2) is 25.3 Å². The smallest absolute Gasteiger partial charge is 0.107 e. The maximum Gasteiger partial charge on any atom is 0.107 e. The molecule has 0 aliphatic carbocycles. The van der Waals surface area contributed by atoms with Gasteiger partial charge in [0.05, 0.1) is 13.1 Å². The second-order valence-corrected chi connectivity index (χ2v) is 2.77. The molecule has 2 heteroatoms. The zero-order valence-corrected chi connectivity index (χ0v) is 4.89. The van der Waals surface area contributed by atoms with Gasteiger partial charge in [-0.15, -0.1) is 0 Å². The van der Waals surface area contributed by atoms with E-state index in [1.807, 2.05) is 0 Å². The highest BCUT2D eigenvalue weighted by atomic mass is 16.5. The van der Waals surface area contributed by atoms with E-state index >= 15 is 0 Å². The number of fused-ring (bicyclic) bond motifs is 2. The number of morpholine rings is 1. The van der Waals surface area contributed by atoms with E-state index in [1.165, 1.54) is 11.3 Å². The minimum atomic E-state index is 0.557. The molecule has 2 atom stereocenters. The van der Waals surface area contributed by atoms with E-state index in [-0.39, 0.29) is 0 Å². The highest BCUT2D eigenvalue weighted by molar-refractivity contribution is 4.79. The SMILES string of the molecule is [CH2-][NH+]1CC2CC(C1)O2. The van der Waals surface area contributed by atoms with E-state index in [9.17, 15) is 0 Å². The molecule has 0 aromatic rings. The van der Waals surface area contributed by atoms with Gasteiger partial charge in [0.25, 0.3) is 0 Å². The average Bonchev–Trinajstić information content (AvgIpc) is 1.62. The number of rotatable bonds is 0. The normalized spacial score (nSPS) is 52.9. The van der Waals surface area contributed by atoms with Crippen molar-refractivity contribution in [1.29, 1.82) is 0 Å². The molecule has 3 heterocycles. The summed E-state index contributed by atoms with van der Waals surface area (Å²) in [6.45, 7) is 2.24. The molecule has 3 aliphatic heterocycles. The molecule has 0 spiro atoms. The third-order valence-electron chi connectivity index (χ3n) is 1.94. The van der Waals surface area contributed by atoms with Crippen molar-refractivity contribution in [1.82, 2.24) is 0 Å². The number of ether oxygens (including phenoxy) is 1. The van der Waals surface area contributed by atoms with Crippen LogP contribution in [0.15, 0.2) is 0 Å². The Hall–Kier alpha value is -0.0800. The van der Waals surface area contributed by atoms with Crippen LogP contribution < -0.4 is 4.90 Å². The van der Waals surface area contributed by atoms with Crippen LogP contribution in [0.5, 0.6) is 0 Å². The maximum absolute atomic E-state index is 5.38. The van der Waals surface area contributed by atoms with Gasteiger partial charge in [0, 0.05) is 6.42 Å². The molecule has 2 bridgehead atoms. The second-order valence-electron chi connectivity index (χ2n) is 2.77. The fourth-order valence-corrected chi connectivity index (χ4v) is 1.54. The average molecular weight is 113 g/mol. The third-order valence-corrected chi connectivity index (χ3v) is 1.94. The minimum absolute atomic E-state index is 0.557. The van der Waals surface area contributed by atoms with Crippen LogP contribution in [0, 0.1) is 7.05 Å². The number of nitrogens with one attached hydrogen (secondary N) is 1. The van der Waals surface area contributed by atoms with Gasteiger partial charge in [0.1, 0.15) is 12.2 Å². The fraction of sp³-hybridized carbons (Fsp3) is 0.833. The Kier molecular flexibility index (Phi) is 0.866. The standard InChI is InChI=1S/C6H11NO/c1-7-3-5-2-6(4-7)8-5/h5-7H,1-4H2. The van der Waals surface area contributed by atoms with Crippen molar-refractivity contribution < 1.29 is 9.64 Å². The van der Waals surface area contributed by atoms with Crippen molar-refractivity contribution in [2.24, 2.45) is 0 Å². The summed E-state index contributed by atoms with van der Waals surface area (Å²) in [6, 6.07) is 0. The monoisotopic (exact) mass is 113 g/mol. The van der Waals surface area contributed by atoms with Gasteiger partial charge >= 0.3 is 0 Å². The van der Waals surface area contributed by atoms with Crippen LogP contribution in [0.1, 0.15) is 6.42 Å². The third kappa shape index (κ3) is 0.565. The van der Waals surface area contributed by atoms with Gasteiger partial charge in [-0.25, -0.2) is 0 Å². The van der Waals surface area contributed by atoms with Crippen LogP contribution in [0.2, 0.25) is 0 Å². The van der Waals surface area contributed by atoms with Crippen LogP contribution in [0.4, 0.5) is 0 Å². The summed E-state index contributed by atoms with van der Waals surface area (Å²) in [5.41, 5.74) is 0. The largest absolute Gasteiger partial charge is 0.464 e. The molecule has 0 saturated carbocycles. The van der Waals surface area contributed by atoms with E-state index in [0.717, 1.165) is 13.1 Å². The van der Waals surface area contributed by atoms with Crippen molar-refractivity contribution in [3.8, 4) is 0 Å². The molecule has 0 aromatic heterocycles. The molecule has 3 fully saturated rings.